The molecule has 2 N–H and O–H groups in total. The third-order valence-electron chi connectivity index (χ3n) is 5.96. The molecule has 1 aromatic rings. The highest BCUT2D eigenvalue weighted by Gasteiger charge is 2.31. The Morgan fingerprint density at radius 2 is 1.65 bits per heavy atom. The molecule has 2 fully saturated rings. The highest BCUT2D eigenvalue weighted by atomic mass is 35.5. The summed E-state index contributed by atoms with van der Waals surface area (Å²) in [4.78, 5) is 31.8. The standard InChI is InChI=1S/C24H31ClN4O2/c1-2-3-19(8-11-26)18-27-14-16-29(17-15-27)24(31)28-12-9-21(10-13-28)23(30)20-4-6-22(25)7-5-20/h2-8,11,21H,1,9-10,12-18,26H2/b11-8-,19-3+. The van der Waals surface area contributed by atoms with Crippen LogP contribution in [-0.2, 0) is 0 Å². The fourth-order valence-electron chi connectivity index (χ4n) is 4.17. The monoisotopic (exact) mass is 442 g/mol. The molecule has 6 nitrogen and oxygen atoms in total. The van der Waals surface area contributed by atoms with E-state index < -0.39 is 0 Å². The van der Waals surface area contributed by atoms with Crippen LogP contribution in [0.4, 0.5) is 4.79 Å². The number of hydrogen-bond donors (Lipinski definition) is 1. The lowest BCUT2D eigenvalue weighted by atomic mass is 9.89. The van der Waals surface area contributed by atoms with Gasteiger partial charge in [-0.2, -0.15) is 0 Å². The van der Waals surface area contributed by atoms with Crippen molar-refractivity contribution in [2.24, 2.45) is 11.7 Å². The summed E-state index contributed by atoms with van der Waals surface area (Å²) in [5.74, 6) is 0.111. The number of rotatable bonds is 6. The first kappa shape index (κ1) is 23.1. The molecule has 0 aromatic heterocycles. The summed E-state index contributed by atoms with van der Waals surface area (Å²) in [6, 6.07) is 7.13. The molecule has 2 aliphatic rings. The predicted octanol–water partition coefficient (Wildman–Crippen LogP) is 3.56. The van der Waals surface area contributed by atoms with Gasteiger partial charge in [0.2, 0.25) is 0 Å². The molecule has 2 heterocycles. The van der Waals surface area contributed by atoms with Crippen molar-refractivity contribution in [3.8, 4) is 0 Å². The van der Waals surface area contributed by atoms with Crippen LogP contribution >= 0.6 is 11.6 Å². The summed E-state index contributed by atoms with van der Waals surface area (Å²) in [6.07, 6.45) is 8.54. The summed E-state index contributed by atoms with van der Waals surface area (Å²) in [5.41, 5.74) is 7.31. The Labute approximate surface area is 189 Å². The zero-order chi connectivity index (χ0) is 22.2. The van der Waals surface area contributed by atoms with E-state index in [-0.39, 0.29) is 17.7 Å². The maximum atomic E-state index is 13.0. The molecule has 2 saturated heterocycles. The van der Waals surface area contributed by atoms with Crippen molar-refractivity contribution in [1.82, 2.24) is 14.7 Å². The van der Waals surface area contributed by atoms with Crippen LogP contribution in [0, 0.1) is 5.92 Å². The number of urea groups is 1. The number of amides is 2. The fraction of sp³-hybridized carbons (Fsp3) is 0.417. The number of ketones is 1. The van der Waals surface area contributed by atoms with Crippen LogP contribution in [-0.4, -0.2) is 72.3 Å². The predicted molar refractivity (Wildman–Crippen MR) is 125 cm³/mol. The number of carbonyl (C=O) groups excluding carboxylic acids is 2. The van der Waals surface area contributed by atoms with Gasteiger partial charge in [-0.25, -0.2) is 4.79 Å². The number of benzene rings is 1. The van der Waals surface area contributed by atoms with Gasteiger partial charge in [-0.15, -0.1) is 0 Å². The molecular formula is C24H31ClN4O2. The smallest absolute Gasteiger partial charge is 0.320 e. The summed E-state index contributed by atoms with van der Waals surface area (Å²) < 4.78 is 0. The first-order valence-electron chi connectivity index (χ1n) is 10.8. The van der Waals surface area contributed by atoms with Crippen LogP contribution in [0.25, 0.3) is 0 Å². The second kappa shape index (κ2) is 11.2. The van der Waals surface area contributed by atoms with E-state index in [4.69, 9.17) is 17.3 Å². The van der Waals surface area contributed by atoms with Crippen molar-refractivity contribution in [2.75, 3.05) is 45.8 Å². The van der Waals surface area contributed by atoms with Gasteiger partial charge in [0, 0.05) is 62.3 Å². The van der Waals surface area contributed by atoms with Crippen LogP contribution in [0.3, 0.4) is 0 Å². The minimum atomic E-state index is -0.0345. The lowest BCUT2D eigenvalue weighted by Crippen LogP contribution is -2.54. The van der Waals surface area contributed by atoms with Crippen LogP contribution < -0.4 is 5.73 Å². The van der Waals surface area contributed by atoms with Crippen molar-refractivity contribution in [3.63, 3.8) is 0 Å². The molecule has 0 radical (unpaired) electrons. The normalized spacial score (nSPS) is 19.1. The average molecular weight is 443 g/mol. The van der Waals surface area contributed by atoms with E-state index >= 15 is 0 Å². The van der Waals surface area contributed by atoms with Crippen LogP contribution in [0.15, 0.2) is 60.8 Å². The van der Waals surface area contributed by atoms with E-state index in [0.29, 0.717) is 49.6 Å². The Bertz CT molecular complexity index is 834. The van der Waals surface area contributed by atoms with E-state index in [1.165, 1.54) is 6.20 Å². The largest absolute Gasteiger partial charge is 0.405 e. The highest BCUT2D eigenvalue weighted by molar-refractivity contribution is 6.30. The first-order chi connectivity index (χ1) is 15.0. The number of likely N-dealkylation sites (tertiary alicyclic amines) is 1. The van der Waals surface area contributed by atoms with E-state index in [2.05, 4.69) is 11.5 Å². The molecule has 0 bridgehead atoms. The van der Waals surface area contributed by atoms with Gasteiger partial charge in [-0.05, 0) is 55.0 Å². The van der Waals surface area contributed by atoms with Crippen molar-refractivity contribution in [1.29, 1.82) is 0 Å². The molecule has 0 atom stereocenters. The van der Waals surface area contributed by atoms with Crippen molar-refractivity contribution in [2.45, 2.75) is 12.8 Å². The number of piperidine rings is 1. The molecule has 166 valence electrons. The molecule has 3 rings (SSSR count). The van der Waals surface area contributed by atoms with E-state index in [1.54, 1.807) is 30.3 Å². The number of carbonyl (C=O) groups is 2. The van der Waals surface area contributed by atoms with Gasteiger partial charge in [-0.3, -0.25) is 9.69 Å². The Morgan fingerprint density at radius 1 is 1.03 bits per heavy atom. The SMILES string of the molecule is C=C/C=C(\C=C/N)CN1CCN(C(=O)N2CCC(C(=O)c3ccc(Cl)cc3)CC2)CC1. The number of halogens is 1. The molecule has 7 heteroatoms. The third-order valence-corrected chi connectivity index (χ3v) is 6.21. The molecule has 1 aromatic carbocycles. The molecule has 0 unspecified atom stereocenters. The molecule has 0 saturated carbocycles. The van der Waals surface area contributed by atoms with Crippen molar-refractivity contribution in [3.05, 3.63) is 71.4 Å². The third kappa shape index (κ3) is 6.21. The van der Waals surface area contributed by atoms with Gasteiger partial charge < -0.3 is 15.5 Å². The maximum Gasteiger partial charge on any atom is 0.320 e. The zero-order valence-electron chi connectivity index (χ0n) is 17.9. The second-order valence-corrected chi connectivity index (χ2v) is 8.45. The van der Waals surface area contributed by atoms with Gasteiger partial charge in [0.25, 0.3) is 0 Å². The van der Waals surface area contributed by atoms with Gasteiger partial charge in [0.1, 0.15) is 0 Å². The quantitative estimate of drug-likeness (QED) is 0.540. The zero-order valence-corrected chi connectivity index (χ0v) is 18.6. The molecule has 31 heavy (non-hydrogen) atoms. The van der Waals surface area contributed by atoms with E-state index in [0.717, 1.165) is 25.2 Å². The van der Waals surface area contributed by atoms with Crippen molar-refractivity contribution < 1.29 is 9.59 Å². The topological polar surface area (TPSA) is 69.9 Å². The Morgan fingerprint density at radius 3 is 2.23 bits per heavy atom. The number of nitrogens with two attached hydrogens (primary N) is 1. The molecule has 0 aliphatic carbocycles. The van der Waals surface area contributed by atoms with Gasteiger partial charge >= 0.3 is 6.03 Å². The van der Waals surface area contributed by atoms with Crippen molar-refractivity contribution >= 4 is 23.4 Å². The molecule has 0 spiro atoms. The average Bonchev–Trinajstić information content (AvgIpc) is 2.80. The van der Waals surface area contributed by atoms with Crippen LogP contribution in [0.5, 0.6) is 0 Å². The highest BCUT2D eigenvalue weighted by Crippen LogP contribution is 2.23. The lowest BCUT2D eigenvalue weighted by molar-refractivity contribution is 0.0804. The second-order valence-electron chi connectivity index (χ2n) is 8.01. The molecular weight excluding hydrogens is 412 g/mol. The number of piperazine rings is 1. The Balaban J connectivity index is 1.46. The Kier molecular flexibility index (Phi) is 8.32. The lowest BCUT2D eigenvalue weighted by Gasteiger charge is -2.39. The summed E-state index contributed by atoms with van der Waals surface area (Å²) in [7, 11) is 0. The van der Waals surface area contributed by atoms with Crippen LogP contribution in [0.2, 0.25) is 5.02 Å². The number of allylic oxidation sites excluding steroid dienone is 2. The summed E-state index contributed by atoms with van der Waals surface area (Å²) >= 11 is 5.91. The fourth-order valence-corrected chi connectivity index (χ4v) is 4.30. The molecule has 2 aliphatic heterocycles. The van der Waals surface area contributed by atoms with Gasteiger partial charge in [0.05, 0.1) is 0 Å². The summed E-state index contributed by atoms with van der Waals surface area (Å²) in [5, 5.41) is 0.626. The minimum Gasteiger partial charge on any atom is -0.405 e. The van der Waals surface area contributed by atoms with E-state index in [9.17, 15) is 9.59 Å². The minimum absolute atomic E-state index is 0.0345. The number of Topliss-reactive ketones (excluding diaryl/α,β-unsaturated/α-hetero) is 1. The number of nitrogens with zero attached hydrogens (tertiary/aromatic N) is 3. The van der Waals surface area contributed by atoms with Gasteiger partial charge in [-0.1, -0.05) is 30.3 Å². The Hall–Kier alpha value is -2.57. The number of hydrogen-bond acceptors (Lipinski definition) is 4. The van der Waals surface area contributed by atoms with Gasteiger partial charge in [0.15, 0.2) is 5.78 Å². The molecule has 2 amide bonds. The first-order valence-corrected chi connectivity index (χ1v) is 11.2. The van der Waals surface area contributed by atoms with Crippen LogP contribution in [0.1, 0.15) is 23.2 Å². The van der Waals surface area contributed by atoms with E-state index in [1.807, 2.05) is 22.0 Å². The maximum absolute atomic E-state index is 13.0. The summed E-state index contributed by atoms with van der Waals surface area (Å²) in [6.45, 7) is 8.84.